The van der Waals surface area contributed by atoms with Crippen molar-refractivity contribution < 1.29 is 14.6 Å². The van der Waals surface area contributed by atoms with Crippen LogP contribution >= 0.6 is 0 Å². The highest BCUT2D eigenvalue weighted by Crippen LogP contribution is 2.45. The molecular weight excluding hydrogens is 206 g/mol. The first-order valence-corrected chi connectivity index (χ1v) is 5.12. The summed E-state index contributed by atoms with van der Waals surface area (Å²) in [5.41, 5.74) is 0.343. The maximum atomic E-state index is 10.4. The van der Waals surface area contributed by atoms with Crippen LogP contribution in [0.15, 0.2) is 29.3 Å². The Labute approximate surface area is 93.6 Å². The van der Waals surface area contributed by atoms with Gasteiger partial charge in [-0.25, -0.2) is 4.79 Å². The molecule has 16 heavy (non-hydrogen) atoms. The van der Waals surface area contributed by atoms with Gasteiger partial charge in [0, 0.05) is 12.8 Å². The molecule has 0 aromatic heterocycles. The number of aliphatic hydroxyl groups excluding tert-OH is 1. The highest BCUT2D eigenvalue weighted by atomic mass is 16.5. The van der Waals surface area contributed by atoms with E-state index in [4.69, 9.17) is 4.74 Å². The second-order valence-corrected chi connectivity index (χ2v) is 4.03. The lowest BCUT2D eigenvalue weighted by molar-refractivity contribution is 0.0223. The van der Waals surface area contributed by atoms with Crippen LogP contribution in [-0.2, 0) is 10.3 Å². The Morgan fingerprint density at radius 1 is 1.44 bits per heavy atom. The Morgan fingerprint density at radius 3 is 2.50 bits per heavy atom. The standard InChI is InChI=1S/C12H13NO3/c1-16-11-4-2-9(3-5-11)12(13-8-14)6-10(15)7-12/h2-5,10,15H,6-7H2,1H3. The van der Waals surface area contributed by atoms with Gasteiger partial charge in [-0.15, -0.1) is 0 Å². The van der Waals surface area contributed by atoms with Gasteiger partial charge in [0.25, 0.3) is 0 Å². The van der Waals surface area contributed by atoms with Crippen LogP contribution in [0.1, 0.15) is 18.4 Å². The molecule has 0 spiro atoms. The molecule has 1 fully saturated rings. The highest BCUT2D eigenvalue weighted by Gasteiger charge is 2.45. The summed E-state index contributed by atoms with van der Waals surface area (Å²) in [6.07, 6.45) is 2.18. The lowest BCUT2D eigenvalue weighted by atomic mass is 9.70. The smallest absolute Gasteiger partial charge is 0.235 e. The van der Waals surface area contributed by atoms with E-state index in [1.54, 1.807) is 13.2 Å². The predicted molar refractivity (Wildman–Crippen MR) is 58.0 cm³/mol. The third kappa shape index (κ3) is 1.73. The molecule has 1 aliphatic rings. The Hall–Kier alpha value is -1.64. The van der Waals surface area contributed by atoms with E-state index in [-0.39, 0.29) is 6.10 Å². The number of hydrogen-bond acceptors (Lipinski definition) is 4. The van der Waals surface area contributed by atoms with Crippen LogP contribution in [0.3, 0.4) is 0 Å². The Kier molecular flexibility index (Phi) is 2.77. The molecule has 1 N–H and O–H groups in total. The Balaban J connectivity index is 2.30. The summed E-state index contributed by atoms with van der Waals surface area (Å²) in [6, 6.07) is 7.38. The molecule has 0 heterocycles. The predicted octanol–water partition coefficient (Wildman–Crippen LogP) is 1.38. The van der Waals surface area contributed by atoms with Crippen molar-refractivity contribution in [3.05, 3.63) is 29.8 Å². The highest BCUT2D eigenvalue weighted by molar-refractivity contribution is 5.41. The Morgan fingerprint density at radius 2 is 2.06 bits per heavy atom. The fourth-order valence-corrected chi connectivity index (χ4v) is 2.10. The molecular formula is C12H13NO3. The minimum atomic E-state index is -0.576. The topological polar surface area (TPSA) is 58.9 Å². The molecule has 0 radical (unpaired) electrons. The van der Waals surface area contributed by atoms with E-state index in [0.717, 1.165) is 11.3 Å². The molecule has 1 aliphatic carbocycles. The van der Waals surface area contributed by atoms with Crippen molar-refractivity contribution in [2.24, 2.45) is 4.99 Å². The summed E-state index contributed by atoms with van der Waals surface area (Å²) in [4.78, 5) is 14.2. The number of isocyanates is 1. The van der Waals surface area contributed by atoms with E-state index in [1.807, 2.05) is 24.3 Å². The van der Waals surface area contributed by atoms with Crippen LogP contribution in [0.25, 0.3) is 0 Å². The molecule has 0 amide bonds. The second kappa shape index (κ2) is 4.08. The Bertz CT molecular complexity index is 414. The van der Waals surface area contributed by atoms with Gasteiger partial charge in [-0.3, -0.25) is 0 Å². The van der Waals surface area contributed by atoms with Gasteiger partial charge in [0.1, 0.15) is 11.3 Å². The van der Waals surface area contributed by atoms with Gasteiger partial charge < -0.3 is 9.84 Å². The summed E-state index contributed by atoms with van der Waals surface area (Å²) in [5, 5.41) is 9.36. The zero-order valence-electron chi connectivity index (χ0n) is 9.01. The van der Waals surface area contributed by atoms with Crippen molar-refractivity contribution >= 4 is 6.08 Å². The average molecular weight is 219 g/mol. The van der Waals surface area contributed by atoms with Gasteiger partial charge in [-0.2, -0.15) is 4.99 Å². The molecule has 1 saturated carbocycles. The SMILES string of the molecule is COc1ccc(C2(N=C=O)CC(O)C2)cc1. The van der Waals surface area contributed by atoms with Gasteiger partial charge in [0.15, 0.2) is 0 Å². The minimum absolute atomic E-state index is 0.376. The van der Waals surface area contributed by atoms with Crippen LogP contribution < -0.4 is 4.74 Å². The van der Waals surface area contributed by atoms with Crippen LogP contribution in [0, 0.1) is 0 Å². The molecule has 84 valence electrons. The van der Waals surface area contributed by atoms with Crippen LogP contribution in [-0.4, -0.2) is 24.4 Å². The number of aliphatic hydroxyl groups is 1. The van der Waals surface area contributed by atoms with Crippen molar-refractivity contribution in [1.82, 2.24) is 0 Å². The number of benzene rings is 1. The molecule has 1 aromatic carbocycles. The molecule has 1 aromatic rings. The van der Waals surface area contributed by atoms with Crippen LogP contribution in [0.2, 0.25) is 0 Å². The van der Waals surface area contributed by atoms with E-state index >= 15 is 0 Å². The van der Waals surface area contributed by atoms with E-state index in [0.29, 0.717) is 12.8 Å². The largest absolute Gasteiger partial charge is 0.497 e. The maximum absolute atomic E-state index is 10.4. The molecule has 0 atom stereocenters. The molecule has 2 rings (SSSR count). The number of aliphatic imine (C=N–C) groups is 1. The van der Waals surface area contributed by atoms with Gasteiger partial charge in [0.2, 0.25) is 6.08 Å². The fraction of sp³-hybridized carbons (Fsp3) is 0.417. The van der Waals surface area contributed by atoms with Crippen molar-refractivity contribution in [2.75, 3.05) is 7.11 Å². The molecule has 0 saturated heterocycles. The van der Waals surface area contributed by atoms with E-state index in [1.165, 1.54) is 0 Å². The normalized spacial score (nSPS) is 27.8. The van der Waals surface area contributed by atoms with Crippen molar-refractivity contribution in [3.63, 3.8) is 0 Å². The summed E-state index contributed by atoms with van der Waals surface area (Å²) < 4.78 is 5.06. The van der Waals surface area contributed by atoms with Crippen LogP contribution in [0.4, 0.5) is 0 Å². The molecule has 0 aliphatic heterocycles. The second-order valence-electron chi connectivity index (χ2n) is 4.03. The number of hydrogen-bond donors (Lipinski definition) is 1. The van der Waals surface area contributed by atoms with E-state index in [2.05, 4.69) is 4.99 Å². The fourth-order valence-electron chi connectivity index (χ4n) is 2.10. The van der Waals surface area contributed by atoms with Gasteiger partial charge in [-0.05, 0) is 17.7 Å². The number of nitrogens with zero attached hydrogens (tertiary/aromatic N) is 1. The first-order chi connectivity index (χ1) is 7.70. The zero-order chi connectivity index (χ0) is 11.6. The van der Waals surface area contributed by atoms with Crippen molar-refractivity contribution in [2.45, 2.75) is 24.5 Å². The minimum Gasteiger partial charge on any atom is -0.497 e. The van der Waals surface area contributed by atoms with Gasteiger partial charge in [-0.1, -0.05) is 12.1 Å². The summed E-state index contributed by atoms with van der Waals surface area (Å²) in [7, 11) is 1.60. The lowest BCUT2D eigenvalue weighted by Crippen LogP contribution is -2.43. The molecule has 0 bridgehead atoms. The summed E-state index contributed by atoms with van der Waals surface area (Å²) in [5.74, 6) is 0.758. The zero-order valence-corrected chi connectivity index (χ0v) is 9.01. The average Bonchev–Trinajstić information content (AvgIpc) is 2.27. The first-order valence-electron chi connectivity index (χ1n) is 5.12. The van der Waals surface area contributed by atoms with Gasteiger partial charge >= 0.3 is 0 Å². The summed E-state index contributed by atoms with van der Waals surface area (Å²) >= 11 is 0. The van der Waals surface area contributed by atoms with Crippen molar-refractivity contribution in [1.29, 1.82) is 0 Å². The third-order valence-corrected chi connectivity index (χ3v) is 3.03. The molecule has 0 unspecified atom stereocenters. The quantitative estimate of drug-likeness (QED) is 0.617. The molecule has 4 heteroatoms. The lowest BCUT2D eigenvalue weighted by Gasteiger charge is -2.41. The molecule has 4 nitrogen and oxygen atoms in total. The van der Waals surface area contributed by atoms with Crippen molar-refractivity contribution in [3.8, 4) is 5.75 Å². The maximum Gasteiger partial charge on any atom is 0.235 e. The third-order valence-electron chi connectivity index (χ3n) is 3.03. The van der Waals surface area contributed by atoms with E-state index in [9.17, 15) is 9.90 Å². The number of ether oxygens (including phenoxy) is 1. The van der Waals surface area contributed by atoms with Gasteiger partial charge in [0.05, 0.1) is 13.2 Å². The summed E-state index contributed by atoms with van der Waals surface area (Å²) in [6.45, 7) is 0. The van der Waals surface area contributed by atoms with Crippen LogP contribution in [0.5, 0.6) is 5.75 Å². The number of methoxy groups -OCH3 is 1. The number of carbonyl (C=O) groups excluding carboxylic acids is 1. The monoisotopic (exact) mass is 219 g/mol. The number of rotatable bonds is 3. The van der Waals surface area contributed by atoms with E-state index < -0.39 is 5.54 Å². The first kappa shape index (κ1) is 10.9.